The molecule has 10 nitrogen and oxygen atoms in total. The Labute approximate surface area is 238 Å². The molecule has 2 aliphatic heterocycles. The molecule has 0 bridgehead atoms. The van der Waals surface area contributed by atoms with Crippen molar-refractivity contribution in [2.75, 3.05) is 5.88 Å². The number of hydrogen-bond acceptors (Lipinski definition) is 7. The van der Waals surface area contributed by atoms with E-state index in [1.54, 1.807) is 0 Å². The van der Waals surface area contributed by atoms with Crippen molar-refractivity contribution in [1.29, 1.82) is 0 Å². The molecule has 3 atom stereocenters. The lowest BCUT2D eigenvalue weighted by atomic mass is 9.96. The molecule has 2 aromatic rings. The van der Waals surface area contributed by atoms with E-state index >= 15 is 0 Å². The number of hydrogen-bond donors (Lipinski definition) is 4. The molecule has 2 aliphatic rings. The van der Waals surface area contributed by atoms with Gasteiger partial charge in [0.05, 0.1) is 11.9 Å². The monoisotopic (exact) mass is 565 g/mol. The summed E-state index contributed by atoms with van der Waals surface area (Å²) in [5.41, 5.74) is 5.24. The number of amides is 4. The number of nitrogens with one attached hydrogen (secondary N) is 3. The average Bonchev–Trinajstić information content (AvgIpc) is 3.27. The second-order valence-corrected chi connectivity index (χ2v) is 12.1. The molecule has 11 heteroatoms. The zero-order chi connectivity index (χ0) is 28.9. The Balaban J connectivity index is 1.52. The summed E-state index contributed by atoms with van der Waals surface area (Å²) < 4.78 is -0.599. The Morgan fingerprint density at radius 3 is 2.50 bits per heavy atom. The summed E-state index contributed by atoms with van der Waals surface area (Å²) in [6.07, 6.45) is -1.17. The molecule has 1 saturated heterocycles. The first-order valence-corrected chi connectivity index (χ1v) is 14.2. The zero-order valence-electron chi connectivity index (χ0n) is 22.8. The van der Waals surface area contributed by atoms with E-state index in [1.807, 2.05) is 75.4 Å². The normalized spacial score (nSPS) is 19.7. The molecule has 0 radical (unpaired) electrons. The SMILES string of the molecule is Cc1ccccc1CNC(=O)C1N(C(=O)C(O)C(Cc2ccccc2)NC(=O)C2=NNC(=O)CC2)CSC1(C)C. The van der Waals surface area contributed by atoms with Crippen LogP contribution in [0.3, 0.4) is 0 Å². The van der Waals surface area contributed by atoms with Crippen molar-refractivity contribution in [3.63, 3.8) is 0 Å². The fraction of sp³-hybridized carbons (Fsp3) is 0.414. The largest absolute Gasteiger partial charge is 0.381 e. The molecular weight excluding hydrogens is 530 g/mol. The minimum Gasteiger partial charge on any atom is -0.381 e. The number of hydrazone groups is 1. The molecule has 1 fully saturated rings. The van der Waals surface area contributed by atoms with E-state index in [4.69, 9.17) is 0 Å². The second kappa shape index (κ2) is 12.6. The first kappa shape index (κ1) is 29.3. The Hall–Kier alpha value is -3.70. The van der Waals surface area contributed by atoms with Crippen LogP contribution in [0.1, 0.15) is 43.4 Å². The standard InChI is InChI=1S/C29H35N5O5S/c1-18-9-7-8-12-20(18)16-30-27(38)25-29(2,3)40-17-34(25)28(39)24(36)22(15-19-10-5-4-6-11-19)31-26(37)21-13-14-23(35)33-32-21/h4-12,22,24-25,36H,13-17H2,1-3H3,(H,30,38)(H,31,37)(H,33,35). The first-order valence-electron chi connectivity index (χ1n) is 13.2. The Bertz CT molecular complexity index is 1300. The highest BCUT2D eigenvalue weighted by Gasteiger charge is 2.49. The Morgan fingerprint density at radius 1 is 1.12 bits per heavy atom. The molecule has 0 spiro atoms. The van der Waals surface area contributed by atoms with Crippen molar-refractivity contribution in [1.82, 2.24) is 21.0 Å². The van der Waals surface area contributed by atoms with Crippen LogP contribution in [-0.2, 0) is 32.1 Å². The van der Waals surface area contributed by atoms with Crippen molar-refractivity contribution >= 4 is 41.1 Å². The molecule has 4 rings (SSSR count). The molecule has 3 unspecified atom stereocenters. The van der Waals surface area contributed by atoms with E-state index in [-0.39, 0.29) is 42.7 Å². The molecule has 0 aromatic heterocycles. The number of nitrogens with zero attached hydrogens (tertiary/aromatic N) is 2. The number of aryl methyl sites for hydroxylation is 1. The van der Waals surface area contributed by atoms with Crippen molar-refractivity contribution in [2.24, 2.45) is 5.10 Å². The molecule has 2 heterocycles. The molecule has 212 valence electrons. The molecule has 4 N–H and O–H groups in total. The minimum atomic E-state index is -1.62. The average molecular weight is 566 g/mol. The van der Waals surface area contributed by atoms with Gasteiger partial charge in [0.2, 0.25) is 11.8 Å². The van der Waals surface area contributed by atoms with E-state index in [1.165, 1.54) is 16.7 Å². The maximum atomic E-state index is 13.8. The highest BCUT2D eigenvalue weighted by molar-refractivity contribution is 8.00. The highest BCUT2D eigenvalue weighted by atomic mass is 32.2. The Kier molecular flexibility index (Phi) is 9.26. The summed E-state index contributed by atoms with van der Waals surface area (Å²) in [7, 11) is 0. The summed E-state index contributed by atoms with van der Waals surface area (Å²) in [6.45, 7) is 6.08. The van der Waals surface area contributed by atoms with E-state index in [0.717, 1.165) is 16.7 Å². The van der Waals surface area contributed by atoms with Gasteiger partial charge in [0.1, 0.15) is 11.8 Å². The van der Waals surface area contributed by atoms with Gasteiger partial charge < -0.3 is 20.6 Å². The number of rotatable bonds is 9. The van der Waals surface area contributed by atoms with Crippen LogP contribution in [0.4, 0.5) is 0 Å². The predicted octanol–water partition coefficient (Wildman–Crippen LogP) is 1.65. The topological polar surface area (TPSA) is 140 Å². The summed E-state index contributed by atoms with van der Waals surface area (Å²) in [4.78, 5) is 53.0. The molecule has 4 amide bonds. The fourth-order valence-corrected chi connectivity index (χ4v) is 5.98. The summed E-state index contributed by atoms with van der Waals surface area (Å²) >= 11 is 1.45. The van der Waals surface area contributed by atoms with E-state index in [0.29, 0.717) is 6.54 Å². The van der Waals surface area contributed by atoms with E-state index < -0.39 is 34.7 Å². The lowest BCUT2D eigenvalue weighted by Gasteiger charge is -2.33. The number of aliphatic hydroxyl groups excluding tert-OH is 1. The smallest absolute Gasteiger partial charge is 0.267 e. The van der Waals surface area contributed by atoms with Crippen LogP contribution >= 0.6 is 11.8 Å². The lowest BCUT2D eigenvalue weighted by Crippen LogP contribution is -2.59. The third kappa shape index (κ3) is 6.89. The number of carbonyl (C=O) groups is 4. The van der Waals surface area contributed by atoms with Gasteiger partial charge in [-0.1, -0.05) is 54.6 Å². The van der Waals surface area contributed by atoms with Gasteiger partial charge in [-0.2, -0.15) is 5.10 Å². The van der Waals surface area contributed by atoms with Crippen LogP contribution < -0.4 is 16.1 Å². The third-order valence-electron chi connectivity index (χ3n) is 7.21. The maximum Gasteiger partial charge on any atom is 0.267 e. The second-order valence-electron chi connectivity index (χ2n) is 10.5. The van der Waals surface area contributed by atoms with Crippen molar-refractivity contribution in [3.05, 3.63) is 71.3 Å². The van der Waals surface area contributed by atoms with Crippen molar-refractivity contribution in [3.8, 4) is 0 Å². The van der Waals surface area contributed by atoms with Crippen LogP contribution in [0, 0.1) is 6.92 Å². The molecule has 40 heavy (non-hydrogen) atoms. The summed E-state index contributed by atoms with van der Waals surface area (Å²) in [5, 5.41) is 20.9. The highest BCUT2D eigenvalue weighted by Crippen LogP contribution is 2.40. The quantitative estimate of drug-likeness (QED) is 0.365. The van der Waals surface area contributed by atoms with Gasteiger partial charge in [0, 0.05) is 24.1 Å². The maximum absolute atomic E-state index is 13.8. The number of aliphatic hydroxyl groups is 1. The van der Waals surface area contributed by atoms with Crippen molar-refractivity contribution in [2.45, 2.75) is 69.5 Å². The zero-order valence-corrected chi connectivity index (χ0v) is 23.7. The number of benzene rings is 2. The molecule has 2 aromatic carbocycles. The molecular formula is C29H35N5O5S. The van der Waals surface area contributed by atoms with Crippen LogP contribution in [0.2, 0.25) is 0 Å². The number of thioether (sulfide) groups is 1. The minimum absolute atomic E-state index is 0.114. The lowest BCUT2D eigenvalue weighted by molar-refractivity contribution is -0.147. The number of carbonyl (C=O) groups excluding carboxylic acids is 4. The van der Waals surface area contributed by atoms with Gasteiger partial charge in [-0.3, -0.25) is 19.2 Å². The van der Waals surface area contributed by atoms with Gasteiger partial charge >= 0.3 is 0 Å². The van der Waals surface area contributed by atoms with Gasteiger partial charge in [-0.05, 0) is 43.9 Å². The predicted molar refractivity (Wildman–Crippen MR) is 153 cm³/mol. The van der Waals surface area contributed by atoms with Crippen LogP contribution in [0.5, 0.6) is 0 Å². The molecule has 0 saturated carbocycles. The third-order valence-corrected chi connectivity index (χ3v) is 8.58. The summed E-state index contributed by atoms with van der Waals surface area (Å²) in [6, 6.07) is 15.1. The van der Waals surface area contributed by atoms with E-state index in [2.05, 4.69) is 21.2 Å². The summed E-state index contributed by atoms with van der Waals surface area (Å²) in [5.74, 6) is -1.59. The van der Waals surface area contributed by atoms with E-state index in [9.17, 15) is 24.3 Å². The molecule has 0 aliphatic carbocycles. The van der Waals surface area contributed by atoms with Gasteiger partial charge in [0.25, 0.3) is 11.8 Å². The van der Waals surface area contributed by atoms with Gasteiger partial charge in [-0.15, -0.1) is 11.8 Å². The van der Waals surface area contributed by atoms with Gasteiger partial charge in [0.15, 0.2) is 6.10 Å². The van der Waals surface area contributed by atoms with Crippen LogP contribution in [0.25, 0.3) is 0 Å². The van der Waals surface area contributed by atoms with Crippen molar-refractivity contribution < 1.29 is 24.3 Å². The van der Waals surface area contributed by atoms with Crippen LogP contribution in [0.15, 0.2) is 59.7 Å². The Morgan fingerprint density at radius 2 is 1.82 bits per heavy atom. The fourth-order valence-electron chi connectivity index (χ4n) is 4.84. The van der Waals surface area contributed by atoms with Crippen LogP contribution in [-0.4, -0.2) is 68.2 Å². The van der Waals surface area contributed by atoms with Gasteiger partial charge in [-0.25, -0.2) is 5.43 Å². The first-order chi connectivity index (χ1) is 19.1.